The number of aromatic nitrogens is 4. The molecule has 0 spiro atoms. The van der Waals surface area contributed by atoms with Gasteiger partial charge in [-0.1, -0.05) is 0 Å². The lowest BCUT2D eigenvalue weighted by molar-refractivity contribution is 0.191. The molecule has 0 aliphatic heterocycles. The van der Waals surface area contributed by atoms with Gasteiger partial charge in [-0.25, -0.2) is 9.97 Å². The molecular weight excluding hydrogens is 218 g/mol. The van der Waals surface area contributed by atoms with Gasteiger partial charge < -0.3 is 10.4 Å². The molecule has 1 atom stereocenters. The minimum atomic E-state index is -0.598. The molecule has 0 aliphatic rings. The normalized spacial score (nSPS) is 12.4. The van der Waals surface area contributed by atoms with Crippen molar-refractivity contribution in [2.24, 2.45) is 7.05 Å². The summed E-state index contributed by atoms with van der Waals surface area (Å²) in [6.45, 7) is 2.28. The van der Waals surface area contributed by atoms with Gasteiger partial charge in [-0.15, -0.1) is 0 Å². The molecule has 0 bridgehead atoms. The summed E-state index contributed by atoms with van der Waals surface area (Å²) in [5.41, 5.74) is 1.67. The molecular formula is C11H15N5O. The molecule has 0 amide bonds. The van der Waals surface area contributed by atoms with Crippen LogP contribution in [0, 0.1) is 6.92 Å². The minimum Gasteiger partial charge on any atom is -0.386 e. The third kappa shape index (κ3) is 3.01. The van der Waals surface area contributed by atoms with Crippen molar-refractivity contribution < 1.29 is 5.11 Å². The van der Waals surface area contributed by atoms with Crippen molar-refractivity contribution in [1.29, 1.82) is 0 Å². The standard InChI is InChI=1S/C11H15N5O/c1-8-3-11(14-7-13-8)12-5-10(17)9-4-15-16(2)6-9/h3-4,6-7,10,17H,5H2,1-2H3,(H,12,13,14). The summed E-state index contributed by atoms with van der Waals surface area (Å²) in [7, 11) is 1.82. The first-order valence-electron chi connectivity index (χ1n) is 5.34. The Morgan fingerprint density at radius 2 is 2.29 bits per heavy atom. The van der Waals surface area contributed by atoms with Crippen LogP contribution >= 0.6 is 0 Å². The largest absolute Gasteiger partial charge is 0.386 e. The number of nitrogens with zero attached hydrogens (tertiary/aromatic N) is 4. The first kappa shape index (κ1) is 11.5. The predicted octanol–water partition coefficient (Wildman–Crippen LogP) is 0.664. The van der Waals surface area contributed by atoms with Crippen LogP contribution in [0.4, 0.5) is 5.82 Å². The molecule has 6 nitrogen and oxygen atoms in total. The Hall–Kier alpha value is -1.95. The second-order valence-electron chi connectivity index (χ2n) is 3.89. The van der Waals surface area contributed by atoms with Crippen molar-refractivity contribution >= 4 is 5.82 Å². The fraction of sp³-hybridized carbons (Fsp3) is 0.364. The molecule has 2 aromatic rings. The SMILES string of the molecule is Cc1cc(NCC(O)c2cnn(C)c2)ncn1. The van der Waals surface area contributed by atoms with E-state index in [-0.39, 0.29) is 0 Å². The van der Waals surface area contributed by atoms with Crippen LogP contribution in [0.3, 0.4) is 0 Å². The lowest BCUT2D eigenvalue weighted by Crippen LogP contribution is -2.12. The molecule has 6 heteroatoms. The van der Waals surface area contributed by atoms with E-state index in [2.05, 4.69) is 20.4 Å². The van der Waals surface area contributed by atoms with Crippen LogP contribution in [-0.4, -0.2) is 31.4 Å². The molecule has 1 unspecified atom stereocenters. The second-order valence-corrected chi connectivity index (χ2v) is 3.89. The first-order chi connectivity index (χ1) is 8.15. The van der Waals surface area contributed by atoms with E-state index in [9.17, 15) is 5.11 Å². The van der Waals surface area contributed by atoms with E-state index in [0.29, 0.717) is 12.4 Å². The predicted molar refractivity (Wildman–Crippen MR) is 63.4 cm³/mol. The number of hydrogen-bond acceptors (Lipinski definition) is 5. The fourth-order valence-electron chi connectivity index (χ4n) is 1.48. The second kappa shape index (κ2) is 4.92. The van der Waals surface area contributed by atoms with Gasteiger partial charge in [0, 0.05) is 37.1 Å². The molecule has 2 aromatic heterocycles. The summed E-state index contributed by atoms with van der Waals surface area (Å²) in [6.07, 6.45) is 4.34. The number of nitrogens with one attached hydrogen (secondary N) is 1. The third-order valence-corrected chi connectivity index (χ3v) is 2.39. The monoisotopic (exact) mass is 233 g/mol. The van der Waals surface area contributed by atoms with Crippen molar-refractivity contribution in [3.63, 3.8) is 0 Å². The van der Waals surface area contributed by atoms with E-state index < -0.39 is 6.10 Å². The number of anilines is 1. The highest BCUT2D eigenvalue weighted by atomic mass is 16.3. The fourth-order valence-corrected chi connectivity index (χ4v) is 1.48. The van der Waals surface area contributed by atoms with Gasteiger partial charge in [0.2, 0.25) is 0 Å². The molecule has 0 radical (unpaired) electrons. The Bertz CT molecular complexity index is 496. The zero-order valence-corrected chi connectivity index (χ0v) is 9.83. The number of aliphatic hydroxyl groups is 1. The summed E-state index contributed by atoms with van der Waals surface area (Å²) in [5, 5.41) is 17.0. The van der Waals surface area contributed by atoms with Gasteiger partial charge in [0.1, 0.15) is 12.1 Å². The van der Waals surface area contributed by atoms with Crippen LogP contribution < -0.4 is 5.32 Å². The lowest BCUT2D eigenvalue weighted by Gasteiger charge is -2.10. The van der Waals surface area contributed by atoms with Crippen LogP contribution in [0.15, 0.2) is 24.8 Å². The van der Waals surface area contributed by atoms with Crippen LogP contribution in [0.2, 0.25) is 0 Å². The highest BCUT2D eigenvalue weighted by molar-refractivity contribution is 5.34. The average Bonchev–Trinajstić information content (AvgIpc) is 2.73. The van der Waals surface area contributed by atoms with E-state index in [1.807, 2.05) is 20.0 Å². The Kier molecular flexibility index (Phi) is 3.34. The topological polar surface area (TPSA) is 75.9 Å². The van der Waals surface area contributed by atoms with Crippen molar-refractivity contribution in [1.82, 2.24) is 19.7 Å². The molecule has 2 heterocycles. The Morgan fingerprint density at radius 3 is 2.94 bits per heavy atom. The minimum absolute atomic E-state index is 0.391. The van der Waals surface area contributed by atoms with Crippen molar-refractivity contribution in [3.8, 4) is 0 Å². The van der Waals surface area contributed by atoms with E-state index in [1.165, 1.54) is 6.33 Å². The quantitative estimate of drug-likeness (QED) is 0.811. The summed E-state index contributed by atoms with van der Waals surface area (Å²) >= 11 is 0. The number of rotatable bonds is 4. The smallest absolute Gasteiger partial charge is 0.129 e. The van der Waals surface area contributed by atoms with Crippen LogP contribution in [-0.2, 0) is 7.05 Å². The van der Waals surface area contributed by atoms with Gasteiger partial charge in [-0.3, -0.25) is 4.68 Å². The molecule has 0 fully saturated rings. The molecule has 0 saturated heterocycles. The maximum absolute atomic E-state index is 9.91. The zero-order chi connectivity index (χ0) is 12.3. The highest BCUT2D eigenvalue weighted by Gasteiger charge is 2.09. The van der Waals surface area contributed by atoms with Gasteiger partial charge in [0.15, 0.2) is 0 Å². The molecule has 17 heavy (non-hydrogen) atoms. The highest BCUT2D eigenvalue weighted by Crippen LogP contribution is 2.12. The first-order valence-corrected chi connectivity index (χ1v) is 5.34. The molecule has 0 aromatic carbocycles. The molecule has 2 rings (SSSR count). The average molecular weight is 233 g/mol. The van der Waals surface area contributed by atoms with E-state index >= 15 is 0 Å². The Labute approximate surface area is 99.3 Å². The Morgan fingerprint density at radius 1 is 1.47 bits per heavy atom. The van der Waals surface area contributed by atoms with Crippen LogP contribution in [0.25, 0.3) is 0 Å². The zero-order valence-electron chi connectivity index (χ0n) is 9.83. The molecule has 2 N–H and O–H groups in total. The third-order valence-electron chi connectivity index (χ3n) is 2.39. The molecule has 0 aliphatic carbocycles. The summed E-state index contributed by atoms with van der Waals surface area (Å²) in [6, 6.07) is 1.83. The van der Waals surface area contributed by atoms with Gasteiger partial charge >= 0.3 is 0 Å². The molecule has 90 valence electrons. The number of hydrogen-bond donors (Lipinski definition) is 2. The van der Waals surface area contributed by atoms with Crippen molar-refractivity contribution in [2.75, 3.05) is 11.9 Å². The summed E-state index contributed by atoms with van der Waals surface area (Å²) < 4.78 is 1.66. The van der Waals surface area contributed by atoms with Crippen LogP contribution in [0.5, 0.6) is 0 Å². The van der Waals surface area contributed by atoms with E-state index in [4.69, 9.17) is 0 Å². The number of aryl methyl sites for hydroxylation is 2. The van der Waals surface area contributed by atoms with E-state index in [1.54, 1.807) is 17.1 Å². The number of aliphatic hydroxyl groups excluding tert-OH is 1. The lowest BCUT2D eigenvalue weighted by atomic mass is 10.2. The summed E-state index contributed by atoms with van der Waals surface area (Å²) in [5.74, 6) is 0.709. The van der Waals surface area contributed by atoms with Gasteiger partial charge in [-0.05, 0) is 6.92 Å². The van der Waals surface area contributed by atoms with Crippen LogP contribution in [0.1, 0.15) is 17.4 Å². The molecule has 0 saturated carbocycles. The van der Waals surface area contributed by atoms with Crippen molar-refractivity contribution in [2.45, 2.75) is 13.0 Å². The summed E-state index contributed by atoms with van der Waals surface area (Å²) in [4.78, 5) is 8.06. The Balaban J connectivity index is 1.94. The van der Waals surface area contributed by atoms with E-state index in [0.717, 1.165) is 11.3 Å². The van der Waals surface area contributed by atoms with Gasteiger partial charge in [-0.2, -0.15) is 5.10 Å². The van der Waals surface area contributed by atoms with Gasteiger partial charge in [0.05, 0.1) is 12.3 Å². The van der Waals surface area contributed by atoms with Gasteiger partial charge in [0.25, 0.3) is 0 Å². The maximum atomic E-state index is 9.91. The maximum Gasteiger partial charge on any atom is 0.129 e. The van der Waals surface area contributed by atoms with Crippen molar-refractivity contribution in [3.05, 3.63) is 36.0 Å².